The fraction of sp³-hybridized carbons (Fsp3) is 0.442. The van der Waals surface area contributed by atoms with Crippen LogP contribution in [-0.4, -0.2) is 93.9 Å². The molecule has 1 saturated carbocycles. The van der Waals surface area contributed by atoms with E-state index in [1.165, 1.54) is 10.6 Å². The normalized spacial score (nSPS) is 20.7. The first-order valence-corrected chi connectivity index (χ1v) is 20.5. The molecule has 1 spiro atoms. The number of fused-ring (bicyclic) bond motifs is 3. The first-order chi connectivity index (χ1) is 28.5. The van der Waals surface area contributed by atoms with Gasteiger partial charge in [-0.05, 0) is 98.8 Å². The third kappa shape index (κ3) is 6.62. The molecule has 0 radical (unpaired) electrons. The van der Waals surface area contributed by atoms with E-state index in [-0.39, 0.29) is 35.4 Å². The Hall–Kier alpha value is -6.03. The minimum absolute atomic E-state index is 0.150. The number of aryl methyl sites for hydroxylation is 1. The molecule has 1 aliphatic carbocycles. The highest BCUT2D eigenvalue weighted by atomic mass is 19.1. The van der Waals surface area contributed by atoms with E-state index in [0.29, 0.717) is 59.2 Å². The molecule has 2 aromatic carbocycles. The highest BCUT2D eigenvalue weighted by Gasteiger charge is 2.48. The molecule has 59 heavy (non-hydrogen) atoms. The number of carbonyl (C=O) groups is 3. The lowest BCUT2D eigenvalue weighted by Crippen LogP contribution is -2.55. The van der Waals surface area contributed by atoms with Crippen molar-refractivity contribution >= 4 is 56.9 Å². The number of aromatic nitrogens is 4. The lowest BCUT2D eigenvalue weighted by Gasteiger charge is -2.52. The van der Waals surface area contributed by atoms with Crippen LogP contribution in [0, 0.1) is 24.1 Å². The number of carbonyl (C=O) groups excluding carboxylic acids is 3. The van der Waals surface area contributed by atoms with Gasteiger partial charge in [-0.2, -0.15) is 0 Å². The van der Waals surface area contributed by atoms with E-state index < -0.39 is 18.0 Å². The van der Waals surface area contributed by atoms with E-state index in [2.05, 4.69) is 35.7 Å². The fourth-order valence-electron chi connectivity index (χ4n) is 9.98. The number of hydrogen-bond acceptors (Lipinski definition) is 11. The molecule has 16 heteroatoms. The second-order valence-corrected chi connectivity index (χ2v) is 17.0. The molecule has 10 rings (SSSR count). The number of rotatable bonds is 7. The topological polar surface area (TPSA) is 165 Å². The van der Waals surface area contributed by atoms with Gasteiger partial charge in [-0.15, -0.1) is 0 Å². The fourth-order valence-corrected chi connectivity index (χ4v) is 9.98. The summed E-state index contributed by atoms with van der Waals surface area (Å²) in [4.78, 5) is 64.4. The standard InChI is InChI=1S/C43H46FN9O6/c1-24-30(20-47-40-37(24)45-10-13-58-40)29-14-26-16-35(46-19-27(26)15-31(29)44)48-41(56)59-28-17-43(18-28)8-11-51(12-9-43)21-25-22-52(23-25)32-4-3-5-33-38(32)50(2)42(57)53(33)34-6-7-36(54)49-39(34)55/h3-5,14-16,19-20,25,28,34,45H,6-13,17-18,21-23H2,1-2H3,(H,46,48,56)(H,49,54,55). The summed E-state index contributed by atoms with van der Waals surface area (Å²) in [6, 6.07) is 10.1. The van der Waals surface area contributed by atoms with Gasteiger partial charge in [-0.1, -0.05) is 6.07 Å². The summed E-state index contributed by atoms with van der Waals surface area (Å²) in [6.07, 6.45) is 6.80. The Morgan fingerprint density at radius 3 is 2.66 bits per heavy atom. The third-order valence-corrected chi connectivity index (χ3v) is 13.2. The quantitative estimate of drug-likeness (QED) is 0.187. The summed E-state index contributed by atoms with van der Waals surface area (Å²) < 4.78 is 30.0. The van der Waals surface area contributed by atoms with Gasteiger partial charge in [0.15, 0.2) is 0 Å². The first kappa shape index (κ1) is 37.3. The molecule has 0 bridgehead atoms. The highest BCUT2D eigenvalue weighted by molar-refractivity contribution is 6.00. The molecule has 4 aliphatic heterocycles. The van der Waals surface area contributed by atoms with E-state index in [1.54, 1.807) is 36.1 Å². The molecular weight excluding hydrogens is 758 g/mol. The van der Waals surface area contributed by atoms with Crippen molar-refractivity contribution in [3.63, 3.8) is 0 Å². The smallest absolute Gasteiger partial charge is 0.413 e. The predicted octanol–water partition coefficient (Wildman–Crippen LogP) is 5.11. The maximum atomic E-state index is 15.3. The first-order valence-electron chi connectivity index (χ1n) is 20.5. The largest absolute Gasteiger partial charge is 0.474 e. The summed E-state index contributed by atoms with van der Waals surface area (Å²) in [5.41, 5.74) is 5.10. The van der Waals surface area contributed by atoms with Crippen molar-refractivity contribution in [2.24, 2.45) is 18.4 Å². The Morgan fingerprint density at radius 2 is 1.86 bits per heavy atom. The van der Waals surface area contributed by atoms with Crippen LogP contribution < -0.4 is 31.3 Å². The van der Waals surface area contributed by atoms with Crippen LogP contribution in [-0.2, 0) is 21.4 Å². The van der Waals surface area contributed by atoms with Gasteiger partial charge >= 0.3 is 11.8 Å². The van der Waals surface area contributed by atoms with Crippen LogP contribution in [0.25, 0.3) is 32.9 Å². The number of para-hydroxylation sites is 1. The Morgan fingerprint density at radius 1 is 1.05 bits per heavy atom. The van der Waals surface area contributed by atoms with E-state index >= 15 is 4.39 Å². The van der Waals surface area contributed by atoms with Crippen LogP contribution in [0.3, 0.4) is 0 Å². The number of halogens is 1. The Labute approximate surface area is 338 Å². The Bertz CT molecular complexity index is 2600. The Kier molecular flexibility index (Phi) is 9.07. The van der Waals surface area contributed by atoms with Crippen LogP contribution in [0.2, 0.25) is 0 Å². The number of anilines is 3. The molecule has 15 nitrogen and oxygen atoms in total. The van der Waals surface area contributed by atoms with Crippen molar-refractivity contribution in [1.82, 2.24) is 29.3 Å². The summed E-state index contributed by atoms with van der Waals surface area (Å²) in [5.74, 6) is 0.221. The number of piperidine rings is 2. The highest BCUT2D eigenvalue weighted by Crippen LogP contribution is 2.50. The predicted molar refractivity (Wildman–Crippen MR) is 219 cm³/mol. The molecule has 3 saturated heterocycles. The number of amides is 3. The summed E-state index contributed by atoms with van der Waals surface area (Å²) in [5, 5.41) is 9.80. The van der Waals surface area contributed by atoms with E-state index in [0.717, 1.165) is 86.2 Å². The zero-order chi connectivity index (χ0) is 40.6. The van der Waals surface area contributed by atoms with Gasteiger partial charge in [-0.25, -0.2) is 23.9 Å². The van der Waals surface area contributed by atoms with E-state index in [4.69, 9.17) is 9.47 Å². The van der Waals surface area contributed by atoms with Gasteiger partial charge in [0.1, 0.15) is 36.1 Å². The summed E-state index contributed by atoms with van der Waals surface area (Å²) >= 11 is 0. The Balaban J connectivity index is 0.708. The van der Waals surface area contributed by atoms with Crippen LogP contribution in [0.1, 0.15) is 50.1 Å². The van der Waals surface area contributed by atoms with Gasteiger partial charge in [0, 0.05) is 74.5 Å². The zero-order valence-corrected chi connectivity index (χ0v) is 33.1. The molecule has 306 valence electrons. The number of pyridine rings is 2. The molecule has 5 aromatic rings. The van der Waals surface area contributed by atoms with Gasteiger partial charge < -0.3 is 24.6 Å². The van der Waals surface area contributed by atoms with E-state index in [9.17, 15) is 19.2 Å². The molecule has 1 unspecified atom stereocenters. The second kappa shape index (κ2) is 14.4. The molecule has 4 fully saturated rings. The number of nitrogens with one attached hydrogen (secondary N) is 3. The van der Waals surface area contributed by atoms with Crippen molar-refractivity contribution in [2.75, 3.05) is 61.4 Å². The maximum absolute atomic E-state index is 15.3. The number of benzene rings is 2. The summed E-state index contributed by atoms with van der Waals surface area (Å²) in [7, 11) is 1.74. The molecular formula is C43H46FN9O6. The van der Waals surface area contributed by atoms with Crippen molar-refractivity contribution in [3.8, 4) is 17.0 Å². The molecule has 5 aliphatic rings. The van der Waals surface area contributed by atoms with Gasteiger partial charge in [0.2, 0.25) is 17.7 Å². The third-order valence-electron chi connectivity index (χ3n) is 13.2. The number of likely N-dealkylation sites (tertiary alicyclic amines) is 1. The van der Waals surface area contributed by atoms with Gasteiger partial charge in [0.25, 0.3) is 0 Å². The minimum Gasteiger partial charge on any atom is -0.474 e. The van der Waals surface area contributed by atoms with Crippen molar-refractivity contribution in [3.05, 3.63) is 70.7 Å². The number of hydrogen-bond donors (Lipinski definition) is 3. The SMILES string of the molecule is Cc1c(-c2cc3cc(NC(=O)OC4CC5(CCN(CC6CN(c7cccc8c7n(C)c(=O)n8C7CCC(=O)NC7=O)C6)CC5)C4)ncc3cc2F)cnc2c1NCCO2. The van der Waals surface area contributed by atoms with Crippen LogP contribution in [0.5, 0.6) is 5.88 Å². The van der Waals surface area contributed by atoms with Gasteiger partial charge in [0.05, 0.1) is 16.7 Å². The van der Waals surface area contributed by atoms with Crippen molar-refractivity contribution in [2.45, 2.75) is 57.6 Å². The molecule has 3 aromatic heterocycles. The second-order valence-electron chi connectivity index (χ2n) is 17.0. The molecule has 1 atom stereocenters. The zero-order valence-electron chi connectivity index (χ0n) is 33.1. The molecule has 3 amide bonds. The maximum Gasteiger partial charge on any atom is 0.413 e. The number of imide groups is 1. The van der Waals surface area contributed by atoms with Crippen LogP contribution >= 0.6 is 0 Å². The minimum atomic E-state index is -0.708. The average molecular weight is 804 g/mol. The van der Waals surface area contributed by atoms with Crippen molar-refractivity contribution < 1.29 is 28.2 Å². The van der Waals surface area contributed by atoms with Gasteiger partial charge in [-0.3, -0.25) is 29.4 Å². The molecule has 3 N–H and O–H groups in total. The number of nitrogens with zero attached hydrogens (tertiary/aromatic N) is 6. The molecule has 7 heterocycles. The van der Waals surface area contributed by atoms with Crippen LogP contribution in [0.15, 0.2) is 53.6 Å². The van der Waals surface area contributed by atoms with E-state index in [1.807, 2.05) is 25.1 Å². The summed E-state index contributed by atoms with van der Waals surface area (Å²) in [6.45, 7) is 7.87. The average Bonchev–Trinajstić information content (AvgIpc) is 3.45. The van der Waals surface area contributed by atoms with Crippen molar-refractivity contribution in [1.29, 1.82) is 0 Å². The lowest BCUT2D eigenvalue weighted by atomic mass is 9.61. The monoisotopic (exact) mass is 803 g/mol. The number of imidazole rings is 1. The number of ether oxygens (including phenoxy) is 2. The van der Waals surface area contributed by atoms with Crippen LogP contribution in [0.4, 0.5) is 26.4 Å². The lowest BCUT2D eigenvalue weighted by molar-refractivity contribution is -0.135.